The Morgan fingerprint density at radius 2 is 2.25 bits per heavy atom. The van der Waals surface area contributed by atoms with Crippen LogP contribution in [0.3, 0.4) is 0 Å². The molecule has 2 rings (SSSR count). The molecule has 6 heteroatoms. The van der Waals surface area contributed by atoms with Crippen LogP contribution in [0, 0.1) is 5.82 Å². The van der Waals surface area contributed by atoms with Crippen LogP contribution in [0.2, 0.25) is 0 Å². The summed E-state index contributed by atoms with van der Waals surface area (Å²) in [6.45, 7) is 0.643. The molecule has 1 aromatic carbocycles. The molecule has 16 heavy (non-hydrogen) atoms. The van der Waals surface area contributed by atoms with Crippen LogP contribution in [0.1, 0.15) is 5.01 Å². The van der Waals surface area contributed by atoms with Crippen LogP contribution in [-0.4, -0.2) is 17.2 Å². The molecule has 0 spiro atoms. The summed E-state index contributed by atoms with van der Waals surface area (Å²) in [5.74, 6) is -0.290. The van der Waals surface area contributed by atoms with Gasteiger partial charge in [0, 0.05) is 11.0 Å². The molecule has 0 saturated heterocycles. The zero-order valence-electron chi connectivity index (χ0n) is 8.50. The van der Waals surface area contributed by atoms with E-state index >= 15 is 0 Å². The Morgan fingerprint density at radius 3 is 2.94 bits per heavy atom. The van der Waals surface area contributed by atoms with E-state index in [0.29, 0.717) is 21.6 Å². The van der Waals surface area contributed by atoms with Gasteiger partial charge in [-0.25, -0.2) is 4.39 Å². The van der Waals surface area contributed by atoms with Gasteiger partial charge in [0.1, 0.15) is 10.8 Å². The van der Waals surface area contributed by atoms with Crippen molar-refractivity contribution in [2.45, 2.75) is 6.54 Å². The van der Waals surface area contributed by atoms with Crippen LogP contribution in [0.5, 0.6) is 0 Å². The molecule has 1 N–H and O–H groups in total. The number of benzene rings is 1. The zero-order chi connectivity index (χ0) is 11.5. The van der Waals surface area contributed by atoms with Crippen molar-refractivity contribution in [1.82, 2.24) is 15.5 Å². The molecule has 84 valence electrons. The molecule has 0 bridgehead atoms. The van der Waals surface area contributed by atoms with Crippen LogP contribution in [0.15, 0.2) is 22.7 Å². The summed E-state index contributed by atoms with van der Waals surface area (Å²) in [7, 11) is 1.83. The highest BCUT2D eigenvalue weighted by atomic mass is 79.9. The van der Waals surface area contributed by atoms with Gasteiger partial charge in [-0.15, -0.1) is 10.2 Å². The van der Waals surface area contributed by atoms with E-state index in [1.165, 1.54) is 17.4 Å². The van der Waals surface area contributed by atoms with Gasteiger partial charge in [-0.3, -0.25) is 0 Å². The summed E-state index contributed by atoms with van der Waals surface area (Å²) in [6, 6.07) is 4.86. The SMILES string of the molecule is CNCc1nnc(-c2c(F)cccc2Br)s1. The lowest BCUT2D eigenvalue weighted by molar-refractivity contribution is 0.630. The summed E-state index contributed by atoms with van der Waals surface area (Å²) in [6.07, 6.45) is 0. The minimum atomic E-state index is -0.290. The summed E-state index contributed by atoms with van der Waals surface area (Å²) < 4.78 is 14.3. The van der Waals surface area contributed by atoms with E-state index in [9.17, 15) is 4.39 Å². The second-order valence-electron chi connectivity index (χ2n) is 3.13. The summed E-state index contributed by atoms with van der Waals surface area (Å²) in [5.41, 5.74) is 0.474. The Morgan fingerprint density at radius 1 is 1.44 bits per heavy atom. The van der Waals surface area contributed by atoms with E-state index in [1.54, 1.807) is 12.1 Å². The molecule has 0 atom stereocenters. The number of hydrogen-bond donors (Lipinski definition) is 1. The largest absolute Gasteiger partial charge is 0.313 e. The molecule has 0 saturated carbocycles. The zero-order valence-corrected chi connectivity index (χ0v) is 10.9. The van der Waals surface area contributed by atoms with Crippen LogP contribution in [-0.2, 0) is 6.54 Å². The monoisotopic (exact) mass is 301 g/mol. The van der Waals surface area contributed by atoms with Gasteiger partial charge < -0.3 is 5.32 Å². The standard InChI is InChI=1S/C10H9BrFN3S/c1-13-5-8-14-15-10(16-8)9-6(11)3-2-4-7(9)12/h2-4,13H,5H2,1H3. The third-order valence-electron chi connectivity index (χ3n) is 1.97. The third kappa shape index (κ3) is 2.28. The second kappa shape index (κ2) is 4.99. The predicted molar refractivity (Wildman–Crippen MR) is 65.8 cm³/mol. The second-order valence-corrected chi connectivity index (χ2v) is 5.04. The highest BCUT2D eigenvalue weighted by Gasteiger charge is 2.13. The van der Waals surface area contributed by atoms with Crippen molar-refractivity contribution in [2.24, 2.45) is 0 Å². The smallest absolute Gasteiger partial charge is 0.151 e. The first kappa shape index (κ1) is 11.6. The first-order chi connectivity index (χ1) is 7.72. The molecule has 1 aromatic heterocycles. The summed E-state index contributed by atoms with van der Waals surface area (Å²) in [4.78, 5) is 0. The van der Waals surface area contributed by atoms with Crippen LogP contribution in [0.4, 0.5) is 4.39 Å². The van der Waals surface area contributed by atoms with E-state index in [4.69, 9.17) is 0 Å². The van der Waals surface area contributed by atoms with Gasteiger partial charge in [0.15, 0.2) is 5.01 Å². The first-order valence-electron chi connectivity index (χ1n) is 4.63. The van der Waals surface area contributed by atoms with E-state index in [0.717, 1.165) is 5.01 Å². The lowest BCUT2D eigenvalue weighted by Gasteiger charge is -2.00. The molecule has 0 radical (unpaired) electrons. The number of halogens is 2. The summed E-state index contributed by atoms with van der Waals surface area (Å²) >= 11 is 4.70. The average molecular weight is 302 g/mol. The number of nitrogens with zero attached hydrogens (tertiary/aromatic N) is 2. The molecule has 0 aliphatic heterocycles. The lowest BCUT2D eigenvalue weighted by Crippen LogP contribution is -2.04. The molecule has 0 unspecified atom stereocenters. The maximum absolute atomic E-state index is 13.6. The van der Waals surface area contributed by atoms with E-state index in [1.807, 2.05) is 7.05 Å². The quantitative estimate of drug-likeness (QED) is 0.947. The highest BCUT2D eigenvalue weighted by Crippen LogP contribution is 2.32. The van der Waals surface area contributed by atoms with Gasteiger partial charge in [0.05, 0.1) is 5.56 Å². The molecule has 0 amide bonds. The number of rotatable bonds is 3. The fourth-order valence-electron chi connectivity index (χ4n) is 1.28. The van der Waals surface area contributed by atoms with Gasteiger partial charge in [-0.2, -0.15) is 0 Å². The lowest BCUT2D eigenvalue weighted by atomic mass is 10.2. The van der Waals surface area contributed by atoms with Gasteiger partial charge in [-0.1, -0.05) is 17.4 Å². The highest BCUT2D eigenvalue weighted by molar-refractivity contribution is 9.10. The molecule has 0 fully saturated rings. The Kier molecular flexibility index (Phi) is 3.63. The Balaban J connectivity index is 2.42. The van der Waals surface area contributed by atoms with Crippen molar-refractivity contribution in [1.29, 1.82) is 0 Å². The van der Waals surface area contributed by atoms with Crippen molar-refractivity contribution < 1.29 is 4.39 Å². The molecule has 3 nitrogen and oxygen atoms in total. The van der Waals surface area contributed by atoms with Gasteiger partial charge in [0.2, 0.25) is 0 Å². The molecule has 0 aliphatic rings. The van der Waals surface area contributed by atoms with E-state index in [-0.39, 0.29) is 5.82 Å². The average Bonchev–Trinajstić information content (AvgIpc) is 2.67. The van der Waals surface area contributed by atoms with Crippen molar-refractivity contribution in [3.63, 3.8) is 0 Å². The number of nitrogens with one attached hydrogen (secondary N) is 1. The van der Waals surface area contributed by atoms with Crippen molar-refractivity contribution in [3.8, 4) is 10.6 Å². The van der Waals surface area contributed by atoms with Crippen LogP contribution < -0.4 is 5.32 Å². The topological polar surface area (TPSA) is 37.8 Å². The Hall–Kier alpha value is -0.850. The number of aromatic nitrogens is 2. The maximum atomic E-state index is 13.6. The van der Waals surface area contributed by atoms with Crippen LogP contribution in [0.25, 0.3) is 10.6 Å². The fraction of sp³-hybridized carbons (Fsp3) is 0.200. The van der Waals surface area contributed by atoms with Gasteiger partial charge in [0.25, 0.3) is 0 Å². The third-order valence-corrected chi connectivity index (χ3v) is 3.57. The fourth-order valence-corrected chi connectivity index (χ4v) is 2.85. The van der Waals surface area contributed by atoms with Crippen LogP contribution >= 0.6 is 27.3 Å². The first-order valence-corrected chi connectivity index (χ1v) is 6.24. The number of hydrogen-bond acceptors (Lipinski definition) is 4. The minimum absolute atomic E-state index is 0.290. The Bertz CT molecular complexity index is 480. The molecule has 2 aromatic rings. The minimum Gasteiger partial charge on any atom is -0.313 e. The molecule has 0 aliphatic carbocycles. The Labute approximate surface area is 105 Å². The van der Waals surface area contributed by atoms with E-state index < -0.39 is 0 Å². The van der Waals surface area contributed by atoms with Crippen molar-refractivity contribution >= 4 is 27.3 Å². The predicted octanol–water partition coefficient (Wildman–Crippen LogP) is 2.83. The van der Waals surface area contributed by atoms with Crippen molar-refractivity contribution in [3.05, 3.63) is 33.5 Å². The normalized spacial score (nSPS) is 10.7. The molecular weight excluding hydrogens is 293 g/mol. The molecular formula is C10H9BrFN3S. The van der Waals surface area contributed by atoms with Gasteiger partial charge in [-0.05, 0) is 35.1 Å². The molecule has 1 heterocycles. The maximum Gasteiger partial charge on any atom is 0.151 e. The summed E-state index contributed by atoms with van der Waals surface area (Å²) in [5, 5.41) is 12.4. The van der Waals surface area contributed by atoms with Gasteiger partial charge >= 0.3 is 0 Å². The van der Waals surface area contributed by atoms with Crippen molar-refractivity contribution in [2.75, 3.05) is 7.05 Å². The van der Waals surface area contributed by atoms with E-state index in [2.05, 4.69) is 31.4 Å².